The Labute approximate surface area is 55.7 Å². The molecule has 1 rings (SSSR count). The molecule has 0 aromatic heterocycles. The van der Waals surface area contributed by atoms with E-state index in [1.807, 2.05) is 6.08 Å². The Morgan fingerprint density at radius 2 is 2.00 bits per heavy atom. The zero-order chi connectivity index (χ0) is 6.91. The lowest BCUT2D eigenvalue weighted by Gasteiger charge is -2.20. The standard InChI is InChI=1S/C7H12N2/c1-7(2,3)6-4-5-8-9-6/h4-6H,1-3H3. The molecule has 0 saturated heterocycles. The average Bonchev–Trinajstić information content (AvgIpc) is 2.08. The van der Waals surface area contributed by atoms with E-state index in [2.05, 4.69) is 31.0 Å². The summed E-state index contributed by atoms with van der Waals surface area (Å²) < 4.78 is 0. The normalized spacial score (nSPS) is 25.4. The van der Waals surface area contributed by atoms with Crippen molar-refractivity contribution in [2.45, 2.75) is 26.8 Å². The second-order valence-corrected chi connectivity index (χ2v) is 3.38. The Morgan fingerprint density at radius 3 is 2.22 bits per heavy atom. The van der Waals surface area contributed by atoms with E-state index in [1.54, 1.807) is 6.20 Å². The molecule has 50 valence electrons. The quantitative estimate of drug-likeness (QED) is 0.473. The third-order valence-corrected chi connectivity index (χ3v) is 1.41. The highest BCUT2D eigenvalue weighted by Gasteiger charge is 2.23. The Balaban J connectivity index is 2.64. The SMILES string of the molecule is CC(C)(C)C1C=CN=N1. The molecule has 0 saturated carbocycles. The third kappa shape index (κ3) is 1.37. The van der Waals surface area contributed by atoms with E-state index in [1.165, 1.54) is 0 Å². The second kappa shape index (κ2) is 1.94. The van der Waals surface area contributed by atoms with E-state index in [4.69, 9.17) is 0 Å². The van der Waals surface area contributed by atoms with E-state index < -0.39 is 0 Å². The highest BCUT2D eigenvalue weighted by atomic mass is 15.1. The molecule has 0 aromatic rings. The van der Waals surface area contributed by atoms with Gasteiger partial charge in [-0.25, -0.2) is 0 Å². The smallest absolute Gasteiger partial charge is 0.0959 e. The highest BCUT2D eigenvalue weighted by molar-refractivity contribution is 5.01. The molecule has 0 radical (unpaired) electrons. The first-order valence-electron chi connectivity index (χ1n) is 3.17. The van der Waals surface area contributed by atoms with Crippen LogP contribution in [0.3, 0.4) is 0 Å². The summed E-state index contributed by atoms with van der Waals surface area (Å²) in [7, 11) is 0. The minimum absolute atomic E-state index is 0.233. The fourth-order valence-electron chi connectivity index (χ4n) is 0.731. The Hall–Kier alpha value is -0.660. The predicted molar refractivity (Wildman–Crippen MR) is 37.2 cm³/mol. The van der Waals surface area contributed by atoms with Crippen molar-refractivity contribution in [2.24, 2.45) is 15.6 Å². The maximum Gasteiger partial charge on any atom is 0.0959 e. The molecule has 0 fully saturated rings. The largest absolute Gasteiger partial charge is 0.181 e. The predicted octanol–water partition coefficient (Wildman–Crippen LogP) is 2.38. The molecule has 2 nitrogen and oxygen atoms in total. The van der Waals surface area contributed by atoms with Crippen molar-refractivity contribution in [3.63, 3.8) is 0 Å². The molecule has 0 N–H and O–H groups in total. The first kappa shape index (κ1) is 6.46. The fourth-order valence-corrected chi connectivity index (χ4v) is 0.731. The van der Waals surface area contributed by atoms with Crippen LogP contribution in [0.1, 0.15) is 20.8 Å². The Bertz CT molecular complexity index is 139. The van der Waals surface area contributed by atoms with Gasteiger partial charge in [-0.05, 0) is 11.5 Å². The maximum absolute atomic E-state index is 4.02. The van der Waals surface area contributed by atoms with Gasteiger partial charge in [0.15, 0.2) is 0 Å². The molecule has 2 heteroatoms. The summed E-state index contributed by atoms with van der Waals surface area (Å²) in [4.78, 5) is 0. The lowest BCUT2D eigenvalue weighted by atomic mass is 9.88. The van der Waals surface area contributed by atoms with Gasteiger partial charge in [0.1, 0.15) is 0 Å². The van der Waals surface area contributed by atoms with Gasteiger partial charge in [-0.1, -0.05) is 20.8 Å². The molecule has 1 heterocycles. The molecule has 1 unspecified atom stereocenters. The van der Waals surface area contributed by atoms with Crippen molar-refractivity contribution in [1.82, 2.24) is 0 Å². The van der Waals surface area contributed by atoms with Gasteiger partial charge in [0, 0.05) is 6.20 Å². The number of hydrogen-bond donors (Lipinski definition) is 0. The van der Waals surface area contributed by atoms with Crippen LogP contribution in [0, 0.1) is 5.41 Å². The average molecular weight is 124 g/mol. The zero-order valence-electron chi connectivity index (χ0n) is 6.13. The van der Waals surface area contributed by atoms with Crippen molar-refractivity contribution >= 4 is 0 Å². The van der Waals surface area contributed by atoms with Crippen LogP contribution < -0.4 is 0 Å². The number of azo groups is 1. The molecule has 9 heavy (non-hydrogen) atoms. The molecule has 1 atom stereocenters. The summed E-state index contributed by atoms with van der Waals surface area (Å²) in [5.74, 6) is 0. The van der Waals surface area contributed by atoms with Gasteiger partial charge in [0.2, 0.25) is 0 Å². The summed E-state index contributed by atoms with van der Waals surface area (Å²) >= 11 is 0. The Morgan fingerprint density at radius 1 is 1.33 bits per heavy atom. The first-order chi connectivity index (χ1) is 4.11. The molecule has 0 bridgehead atoms. The number of rotatable bonds is 0. The van der Waals surface area contributed by atoms with Crippen LogP contribution in [0.5, 0.6) is 0 Å². The highest BCUT2D eigenvalue weighted by Crippen LogP contribution is 2.25. The molecule has 1 aliphatic rings. The van der Waals surface area contributed by atoms with Gasteiger partial charge in [-0.2, -0.15) is 10.2 Å². The van der Waals surface area contributed by atoms with Crippen molar-refractivity contribution in [1.29, 1.82) is 0 Å². The molecule has 0 aliphatic carbocycles. The van der Waals surface area contributed by atoms with E-state index in [0.717, 1.165) is 0 Å². The summed E-state index contributed by atoms with van der Waals surface area (Å²) in [5.41, 5.74) is 0.233. The molecule has 0 aromatic carbocycles. The Kier molecular flexibility index (Phi) is 1.39. The van der Waals surface area contributed by atoms with Crippen LogP contribution in [0.25, 0.3) is 0 Å². The fraction of sp³-hybridized carbons (Fsp3) is 0.714. The lowest BCUT2D eigenvalue weighted by molar-refractivity contribution is 0.365. The lowest BCUT2D eigenvalue weighted by Crippen LogP contribution is -2.20. The van der Waals surface area contributed by atoms with Gasteiger partial charge in [-0.15, -0.1) is 0 Å². The molecule has 0 spiro atoms. The molecule has 1 aliphatic heterocycles. The summed E-state index contributed by atoms with van der Waals surface area (Å²) in [6.45, 7) is 6.48. The second-order valence-electron chi connectivity index (χ2n) is 3.38. The third-order valence-electron chi connectivity index (χ3n) is 1.41. The van der Waals surface area contributed by atoms with Gasteiger partial charge in [0.25, 0.3) is 0 Å². The van der Waals surface area contributed by atoms with Crippen molar-refractivity contribution in [3.05, 3.63) is 12.3 Å². The molecular formula is C7H12N2. The van der Waals surface area contributed by atoms with Crippen LogP contribution in [0.4, 0.5) is 0 Å². The minimum Gasteiger partial charge on any atom is -0.181 e. The van der Waals surface area contributed by atoms with Crippen LogP contribution in [-0.4, -0.2) is 6.04 Å². The van der Waals surface area contributed by atoms with E-state index in [-0.39, 0.29) is 11.5 Å². The van der Waals surface area contributed by atoms with Crippen LogP contribution in [0.2, 0.25) is 0 Å². The topological polar surface area (TPSA) is 24.7 Å². The zero-order valence-corrected chi connectivity index (χ0v) is 6.13. The summed E-state index contributed by atoms with van der Waals surface area (Å²) in [6.07, 6.45) is 3.79. The van der Waals surface area contributed by atoms with E-state index in [0.29, 0.717) is 0 Å². The van der Waals surface area contributed by atoms with E-state index in [9.17, 15) is 0 Å². The van der Waals surface area contributed by atoms with Crippen molar-refractivity contribution in [2.75, 3.05) is 0 Å². The monoisotopic (exact) mass is 124 g/mol. The number of nitrogens with zero attached hydrogens (tertiary/aromatic N) is 2. The number of hydrogen-bond acceptors (Lipinski definition) is 2. The molecule has 0 amide bonds. The van der Waals surface area contributed by atoms with Gasteiger partial charge in [-0.3, -0.25) is 0 Å². The summed E-state index contributed by atoms with van der Waals surface area (Å²) in [6, 6.07) is 0.289. The van der Waals surface area contributed by atoms with Crippen molar-refractivity contribution in [3.8, 4) is 0 Å². The van der Waals surface area contributed by atoms with Gasteiger partial charge in [0.05, 0.1) is 6.04 Å². The van der Waals surface area contributed by atoms with Gasteiger partial charge >= 0.3 is 0 Å². The molecular weight excluding hydrogens is 112 g/mol. The van der Waals surface area contributed by atoms with Gasteiger partial charge < -0.3 is 0 Å². The van der Waals surface area contributed by atoms with Crippen molar-refractivity contribution < 1.29 is 0 Å². The summed E-state index contributed by atoms with van der Waals surface area (Å²) in [5, 5.41) is 7.80. The van der Waals surface area contributed by atoms with Crippen LogP contribution in [-0.2, 0) is 0 Å². The van der Waals surface area contributed by atoms with E-state index >= 15 is 0 Å². The maximum atomic E-state index is 4.02. The van der Waals surface area contributed by atoms with Crippen LogP contribution >= 0.6 is 0 Å². The minimum atomic E-state index is 0.233. The van der Waals surface area contributed by atoms with Crippen LogP contribution in [0.15, 0.2) is 22.5 Å². The first-order valence-corrected chi connectivity index (χ1v) is 3.17.